The molecule has 8 nitrogen and oxygen atoms in total. The van der Waals surface area contributed by atoms with Crippen LogP contribution >= 0.6 is 11.3 Å². The van der Waals surface area contributed by atoms with Gasteiger partial charge in [-0.2, -0.15) is 0 Å². The predicted octanol–water partition coefficient (Wildman–Crippen LogP) is 3.82. The summed E-state index contributed by atoms with van der Waals surface area (Å²) in [5.74, 6) is -3.52. The third kappa shape index (κ3) is 3.35. The number of benzene rings is 2. The first kappa shape index (κ1) is 24.7. The molecule has 3 aromatic rings. The summed E-state index contributed by atoms with van der Waals surface area (Å²) < 4.78 is 1.11. The standard InChI is InChI=1S/C29H28N2O6S/c1-31(2)24-18-10-14-9-16-15(21-11-13-5-3-4-6-20(13)38-21)7-8-19(32)23(16)26(34)22(14)27(35)29(18,37)12-17(25(24)33)28(30)36/h3-8,11,14,18,24,32-33,35,37H,9-10,12H2,1-2H3,(H2,30,36). The van der Waals surface area contributed by atoms with Gasteiger partial charge < -0.3 is 26.2 Å². The smallest absolute Gasteiger partial charge is 0.248 e. The van der Waals surface area contributed by atoms with Crippen LogP contribution in [0.5, 0.6) is 5.75 Å². The highest BCUT2D eigenvalue weighted by Crippen LogP contribution is 2.54. The van der Waals surface area contributed by atoms with E-state index in [9.17, 15) is 30.0 Å². The lowest BCUT2D eigenvalue weighted by Gasteiger charge is -2.51. The van der Waals surface area contributed by atoms with Crippen molar-refractivity contribution < 1.29 is 30.0 Å². The van der Waals surface area contributed by atoms with Crippen molar-refractivity contribution in [3.05, 3.63) is 76.3 Å². The molecule has 3 aliphatic carbocycles. The number of carbonyl (C=O) groups is 2. The SMILES string of the molecule is CN(C)C1C(O)=C(C(N)=O)CC2(O)C(O)=C3C(=O)c4c(O)ccc(-c5cc6ccccc6s5)c4CC3CC12. The number of phenols is 1. The van der Waals surface area contributed by atoms with Crippen molar-refractivity contribution in [1.29, 1.82) is 0 Å². The fraction of sp³-hybridized carbons (Fsp3) is 0.310. The largest absolute Gasteiger partial charge is 0.510 e. The lowest BCUT2D eigenvalue weighted by atomic mass is 9.59. The van der Waals surface area contributed by atoms with Gasteiger partial charge in [-0.1, -0.05) is 18.2 Å². The molecule has 0 fully saturated rings. The van der Waals surface area contributed by atoms with Gasteiger partial charge in [-0.05, 0) is 73.6 Å². The number of nitrogens with two attached hydrogens (primary N) is 1. The third-order valence-electron chi connectivity index (χ3n) is 8.40. The molecule has 4 atom stereocenters. The van der Waals surface area contributed by atoms with Gasteiger partial charge in [0, 0.05) is 27.5 Å². The van der Waals surface area contributed by atoms with Crippen molar-refractivity contribution in [3.8, 4) is 16.2 Å². The molecule has 38 heavy (non-hydrogen) atoms. The Hall–Kier alpha value is -3.66. The Morgan fingerprint density at radius 2 is 1.87 bits per heavy atom. The molecule has 6 N–H and O–H groups in total. The first-order valence-electron chi connectivity index (χ1n) is 12.5. The summed E-state index contributed by atoms with van der Waals surface area (Å²) >= 11 is 1.60. The minimum Gasteiger partial charge on any atom is -0.510 e. The van der Waals surface area contributed by atoms with Crippen molar-refractivity contribution >= 4 is 33.1 Å². The number of amides is 1. The highest BCUT2D eigenvalue weighted by atomic mass is 32.1. The van der Waals surface area contributed by atoms with Crippen LogP contribution in [0.4, 0.5) is 0 Å². The number of nitrogens with zero attached hydrogens (tertiary/aromatic N) is 1. The Morgan fingerprint density at radius 3 is 2.55 bits per heavy atom. The summed E-state index contributed by atoms with van der Waals surface area (Å²) in [5.41, 5.74) is 5.07. The number of fused-ring (bicyclic) bond motifs is 4. The molecule has 0 saturated carbocycles. The number of rotatable bonds is 3. The van der Waals surface area contributed by atoms with E-state index in [2.05, 4.69) is 6.07 Å². The lowest BCUT2D eigenvalue weighted by Crippen LogP contribution is -2.59. The number of aromatic hydroxyl groups is 1. The molecule has 0 aliphatic heterocycles. The van der Waals surface area contributed by atoms with E-state index in [-0.39, 0.29) is 34.6 Å². The topological polar surface area (TPSA) is 144 Å². The van der Waals surface area contributed by atoms with Crippen LogP contribution in [0, 0.1) is 11.8 Å². The number of ketones is 1. The van der Waals surface area contributed by atoms with E-state index in [1.165, 1.54) is 6.07 Å². The van der Waals surface area contributed by atoms with E-state index in [1.807, 2.05) is 30.3 Å². The highest BCUT2D eigenvalue weighted by Gasteiger charge is 2.58. The van der Waals surface area contributed by atoms with Crippen molar-refractivity contribution in [2.24, 2.45) is 17.6 Å². The Bertz CT molecular complexity index is 1570. The van der Waals surface area contributed by atoms with E-state index in [4.69, 9.17) is 5.73 Å². The van der Waals surface area contributed by atoms with Gasteiger partial charge in [0.25, 0.3) is 0 Å². The minimum atomic E-state index is -1.97. The Labute approximate surface area is 222 Å². The molecule has 1 aromatic heterocycles. The van der Waals surface area contributed by atoms with Crippen LogP contribution in [-0.4, -0.2) is 62.8 Å². The maximum absolute atomic E-state index is 13.9. The van der Waals surface area contributed by atoms with Gasteiger partial charge in [-0.3, -0.25) is 14.5 Å². The van der Waals surface area contributed by atoms with Crippen molar-refractivity contribution in [1.82, 2.24) is 4.90 Å². The van der Waals surface area contributed by atoms with E-state index in [0.717, 1.165) is 20.5 Å². The molecule has 4 unspecified atom stereocenters. The maximum atomic E-state index is 13.9. The number of thiophene rings is 1. The quantitative estimate of drug-likeness (QED) is 0.345. The van der Waals surface area contributed by atoms with Crippen molar-refractivity contribution in [3.63, 3.8) is 0 Å². The van der Waals surface area contributed by atoms with Gasteiger partial charge >= 0.3 is 0 Å². The van der Waals surface area contributed by atoms with Crippen molar-refractivity contribution in [2.45, 2.75) is 30.9 Å². The van der Waals surface area contributed by atoms with Gasteiger partial charge in [0.05, 0.1) is 17.2 Å². The fourth-order valence-corrected chi connectivity index (χ4v) is 7.79. The van der Waals surface area contributed by atoms with Gasteiger partial charge in [-0.15, -0.1) is 11.3 Å². The monoisotopic (exact) mass is 532 g/mol. The van der Waals surface area contributed by atoms with Crippen molar-refractivity contribution in [2.75, 3.05) is 14.1 Å². The second-order valence-corrected chi connectivity index (χ2v) is 11.8. The number of likely N-dealkylation sites (N-methyl/N-ethyl adjacent to an activating group) is 1. The number of Topliss-reactive ketones (excluding diaryl/α,β-unsaturated/α-hetero) is 1. The number of carbonyl (C=O) groups excluding carboxylic acids is 2. The third-order valence-corrected chi connectivity index (χ3v) is 9.55. The van der Waals surface area contributed by atoms with Gasteiger partial charge in [0.2, 0.25) is 5.91 Å². The second kappa shape index (κ2) is 8.42. The first-order valence-corrected chi connectivity index (χ1v) is 13.3. The van der Waals surface area contributed by atoms with Crippen LogP contribution in [0.2, 0.25) is 0 Å². The average Bonchev–Trinajstić information content (AvgIpc) is 3.29. The normalized spacial score (nSPS) is 26.9. The Kier molecular flexibility index (Phi) is 5.47. The minimum absolute atomic E-state index is 0.0442. The lowest BCUT2D eigenvalue weighted by molar-refractivity contribution is -0.118. The summed E-state index contributed by atoms with van der Waals surface area (Å²) in [6.45, 7) is 0. The number of primary amides is 1. The zero-order chi connectivity index (χ0) is 27.1. The Balaban J connectivity index is 1.52. The highest BCUT2D eigenvalue weighted by molar-refractivity contribution is 7.22. The van der Waals surface area contributed by atoms with Crippen LogP contribution in [-0.2, 0) is 11.2 Å². The molecule has 1 amide bonds. The van der Waals surface area contributed by atoms with E-state index >= 15 is 0 Å². The summed E-state index contributed by atoms with van der Waals surface area (Å²) in [7, 11) is 3.42. The molecule has 196 valence electrons. The summed E-state index contributed by atoms with van der Waals surface area (Å²) in [5, 5.41) is 46.1. The number of aliphatic hydroxyl groups is 3. The summed E-state index contributed by atoms with van der Waals surface area (Å²) in [6.07, 6.45) is 0.235. The molecule has 0 saturated heterocycles. The average molecular weight is 533 g/mol. The Morgan fingerprint density at radius 1 is 1.13 bits per heavy atom. The molecule has 0 spiro atoms. The number of hydrogen-bond donors (Lipinski definition) is 5. The van der Waals surface area contributed by atoms with E-state index in [1.54, 1.807) is 30.3 Å². The number of phenolic OH excluding ortho intramolecular Hbond substituents is 1. The van der Waals surface area contributed by atoms with Crippen LogP contribution in [0.25, 0.3) is 20.5 Å². The van der Waals surface area contributed by atoms with Crippen LogP contribution in [0.3, 0.4) is 0 Å². The van der Waals surface area contributed by atoms with E-state index in [0.29, 0.717) is 12.0 Å². The van der Waals surface area contributed by atoms with Gasteiger partial charge in [0.15, 0.2) is 5.78 Å². The van der Waals surface area contributed by atoms with Gasteiger partial charge in [-0.25, -0.2) is 0 Å². The number of allylic oxidation sites excluding steroid dienone is 1. The molecule has 1 heterocycles. The number of aliphatic hydroxyl groups excluding tert-OH is 2. The maximum Gasteiger partial charge on any atom is 0.248 e. The van der Waals surface area contributed by atoms with Crippen LogP contribution in [0.1, 0.15) is 28.8 Å². The number of hydrogen-bond acceptors (Lipinski definition) is 8. The van der Waals surface area contributed by atoms with Crippen LogP contribution in [0.15, 0.2) is 65.1 Å². The summed E-state index contributed by atoms with van der Waals surface area (Å²) in [6, 6.07) is 12.6. The predicted molar refractivity (Wildman–Crippen MR) is 144 cm³/mol. The van der Waals surface area contributed by atoms with Crippen LogP contribution < -0.4 is 5.73 Å². The molecular weight excluding hydrogens is 504 g/mol. The first-order chi connectivity index (χ1) is 18.0. The molecule has 0 bridgehead atoms. The second-order valence-electron chi connectivity index (χ2n) is 10.7. The van der Waals surface area contributed by atoms with Gasteiger partial charge in [0.1, 0.15) is 22.9 Å². The molecular formula is C29H28N2O6S. The summed E-state index contributed by atoms with van der Waals surface area (Å²) in [4.78, 5) is 28.7. The zero-order valence-corrected chi connectivity index (χ0v) is 21.7. The molecule has 6 rings (SSSR count). The fourth-order valence-electron chi connectivity index (χ4n) is 6.68. The molecule has 0 radical (unpaired) electrons. The molecule has 2 aromatic carbocycles. The molecule has 9 heteroatoms. The van der Waals surface area contributed by atoms with E-state index < -0.39 is 47.3 Å². The molecule has 3 aliphatic rings. The zero-order valence-electron chi connectivity index (χ0n) is 20.9.